The van der Waals surface area contributed by atoms with E-state index < -0.39 is 0 Å². The minimum absolute atomic E-state index is 0.126. The van der Waals surface area contributed by atoms with Gasteiger partial charge in [-0.05, 0) is 25.6 Å². The molecule has 130 valence electrons. The third-order valence-corrected chi connectivity index (χ3v) is 4.71. The van der Waals surface area contributed by atoms with E-state index in [0.717, 1.165) is 13.1 Å². The third-order valence-electron chi connectivity index (χ3n) is 4.27. The zero-order valence-corrected chi connectivity index (χ0v) is 15.5. The molecule has 1 heterocycles. The summed E-state index contributed by atoms with van der Waals surface area (Å²) in [6.07, 6.45) is 0. The van der Waals surface area contributed by atoms with Crippen molar-refractivity contribution in [3.8, 4) is 0 Å². The molecule has 5 nitrogen and oxygen atoms in total. The first-order valence-corrected chi connectivity index (χ1v) is 8.63. The van der Waals surface area contributed by atoms with Crippen molar-refractivity contribution in [2.75, 3.05) is 19.6 Å². The zero-order chi connectivity index (χ0) is 17.7. The van der Waals surface area contributed by atoms with Crippen LogP contribution in [0.15, 0.2) is 30.3 Å². The summed E-state index contributed by atoms with van der Waals surface area (Å²) < 4.78 is 1.52. The van der Waals surface area contributed by atoms with Gasteiger partial charge in [0.15, 0.2) is 0 Å². The van der Waals surface area contributed by atoms with E-state index >= 15 is 0 Å². The van der Waals surface area contributed by atoms with Crippen LogP contribution in [0.5, 0.6) is 0 Å². The number of benzene rings is 1. The predicted octanol–water partition coefficient (Wildman–Crippen LogP) is 3.19. The van der Waals surface area contributed by atoms with Gasteiger partial charge in [0.25, 0.3) is 5.91 Å². The van der Waals surface area contributed by atoms with Crippen molar-refractivity contribution < 1.29 is 4.79 Å². The molecule has 1 atom stereocenters. The Bertz CT molecular complexity index is 680. The molecule has 0 aliphatic heterocycles. The van der Waals surface area contributed by atoms with E-state index in [1.165, 1.54) is 10.2 Å². The van der Waals surface area contributed by atoms with Gasteiger partial charge >= 0.3 is 0 Å². The summed E-state index contributed by atoms with van der Waals surface area (Å²) in [5.74, 6) is -0.182. The summed E-state index contributed by atoms with van der Waals surface area (Å²) >= 11 is 6.19. The maximum atomic E-state index is 12.6. The number of nitrogens with zero attached hydrogens (tertiary/aromatic N) is 3. The lowest BCUT2D eigenvalue weighted by Gasteiger charge is -2.30. The van der Waals surface area contributed by atoms with Gasteiger partial charge in [0.1, 0.15) is 5.15 Å². The van der Waals surface area contributed by atoms with Crippen LogP contribution in [-0.4, -0.2) is 40.2 Å². The average molecular weight is 349 g/mol. The third kappa shape index (κ3) is 3.97. The highest BCUT2D eigenvalue weighted by atomic mass is 35.5. The van der Waals surface area contributed by atoms with Crippen LogP contribution in [0.1, 0.15) is 41.5 Å². The van der Waals surface area contributed by atoms with Gasteiger partial charge in [-0.25, -0.2) is 0 Å². The molecule has 0 spiro atoms. The van der Waals surface area contributed by atoms with Crippen molar-refractivity contribution in [2.24, 2.45) is 7.05 Å². The van der Waals surface area contributed by atoms with Gasteiger partial charge < -0.3 is 5.32 Å². The number of amides is 1. The van der Waals surface area contributed by atoms with Gasteiger partial charge in [0, 0.05) is 13.6 Å². The summed E-state index contributed by atoms with van der Waals surface area (Å²) in [5.41, 5.74) is 2.28. The van der Waals surface area contributed by atoms with Crippen molar-refractivity contribution in [3.63, 3.8) is 0 Å². The fraction of sp³-hybridized carbons (Fsp3) is 0.444. The second-order valence-corrected chi connectivity index (χ2v) is 6.09. The number of halogens is 1. The number of aromatic nitrogens is 2. The Balaban J connectivity index is 2.17. The molecule has 0 bridgehead atoms. The molecule has 0 saturated heterocycles. The minimum atomic E-state index is -0.182. The first kappa shape index (κ1) is 18.5. The van der Waals surface area contributed by atoms with Crippen molar-refractivity contribution >= 4 is 17.5 Å². The van der Waals surface area contributed by atoms with Crippen LogP contribution in [0.2, 0.25) is 5.15 Å². The molecule has 0 fully saturated rings. The Labute approximate surface area is 148 Å². The van der Waals surface area contributed by atoms with Gasteiger partial charge in [-0.15, -0.1) is 0 Å². The SMILES string of the molecule is CCN(CC)C(CNC(=O)c1c(C)nn(C)c1Cl)c1ccccc1. The maximum Gasteiger partial charge on any atom is 0.256 e. The van der Waals surface area contributed by atoms with Gasteiger partial charge in [0.2, 0.25) is 0 Å². The standard InChI is InChI=1S/C18H25ClN4O/c1-5-23(6-2)15(14-10-8-7-9-11-14)12-20-18(24)16-13(3)21-22(4)17(16)19/h7-11,15H,5-6,12H2,1-4H3,(H,20,24). The fourth-order valence-electron chi connectivity index (χ4n) is 2.96. The van der Waals surface area contributed by atoms with E-state index in [4.69, 9.17) is 11.6 Å². The molecule has 1 aromatic heterocycles. The molecule has 1 unspecified atom stereocenters. The number of likely N-dealkylation sites (N-methyl/N-ethyl adjacent to an activating group) is 1. The number of rotatable bonds is 7. The lowest BCUT2D eigenvalue weighted by atomic mass is 10.0. The van der Waals surface area contributed by atoms with Crippen LogP contribution < -0.4 is 5.32 Å². The van der Waals surface area contributed by atoms with Gasteiger partial charge in [-0.1, -0.05) is 55.8 Å². The topological polar surface area (TPSA) is 50.2 Å². The molecule has 0 saturated carbocycles. The van der Waals surface area contributed by atoms with Crippen molar-refractivity contribution in [3.05, 3.63) is 52.3 Å². The number of hydrogen-bond donors (Lipinski definition) is 1. The number of carbonyl (C=O) groups excluding carboxylic acids is 1. The van der Waals surface area contributed by atoms with E-state index in [0.29, 0.717) is 23.0 Å². The molecule has 2 rings (SSSR count). The van der Waals surface area contributed by atoms with Crippen LogP contribution >= 0.6 is 11.6 Å². The van der Waals surface area contributed by atoms with E-state index in [1.54, 1.807) is 14.0 Å². The quantitative estimate of drug-likeness (QED) is 0.836. The van der Waals surface area contributed by atoms with Gasteiger partial charge in [-0.2, -0.15) is 5.10 Å². The summed E-state index contributed by atoms with van der Waals surface area (Å²) in [5, 5.41) is 7.59. The monoisotopic (exact) mass is 348 g/mol. The van der Waals surface area contributed by atoms with Crippen LogP contribution in [-0.2, 0) is 7.05 Å². The number of hydrogen-bond acceptors (Lipinski definition) is 3. The summed E-state index contributed by atoms with van der Waals surface area (Å²) in [7, 11) is 1.73. The first-order chi connectivity index (χ1) is 11.5. The summed E-state index contributed by atoms with van der Waals surface area (Å²) in [6, 6.07) is 10.4. The second-order valence-electron chi connectivity index (χ2n) is 5.73. The Hall–Kier alpha value is -1.85. The molecule has 1 N–H and O–H groups in total. The first-order valence-electron chi connectivity index (χ1n) is 8.25. The number of aryl methyl sites for hydroxylation is 2. The fourth-order valence-corrected chi connectivity index (χ4v) is 3.22. The summed E-state index contributed by atoms with van der Waals surface area (Å²) in [4.78, 5) is 14.9. The Kier molecular flexibility index (Phi) is 6.40. The predicted molar refractivity (Wildman–Crippen MR) is 97.4 cm³/mol. The van der Waals surface area contributed by atoms with E-state index in [-0.39, 0.29) is 11.9 Å². The molecular weight excluding hydrogens is 324 g/mol. The highest BCUT2D eigenvalue weighted by Crippen LogP contribution is 2.21. The molecule has 1 amide bonds. The molecular formula is C18H25ClN4O. The highest BCUT2D eigenvalue weighted by Gasteiger charge is 2.22. The maximum absolute atomic E-state index is 12.6. The largest absolute Gasteiger partial charge is 0.350 e. The molecule has 0 aliphatic carbocycles. The van der Waals surface area contributed by atoms with Crippen molar-refractivity contribution in [1.82, 2.24) is 20.0 Å². The highest BCUT2D eigenvalue weighted by molar-refractivity contribution is 6.33. The molecule has 1 aromatic carbocycles. The molecule has 0 aliphatic rings. The van der Waals surface area contributed by atoms with Crippen LogP contribution in [0.4, 0.5) is 0 Å². The van der Waals surface area contributed by atoms with Crippen molar-refractivity contribution in [2.45, 2.75) is 26.8 Å². The Morgan fingerprint density at radius 2 is 1.92 bits per heavy atom. The van der Waals surface area contributed by atoms with Crippen LogP contribution in [0.25, 0.3) is 0 Å². The van der Waals surface area contributed by atoms with Gasteiger partial charge in [0.05, 0.1) is 17.3 Å². The van der Waals surface area contributed by atoms with Crippen LogP contribution in [0.3, 0.4) is 0 Å². The Morgan fingerprint density at radius 3 is 2.42 bits per heavy atom. The lowest BCUT2D eigenvalue weighted by Crippen LogP contribution is -2.38. The number of nitrogens with one attached hydrogen (secondary N) is 1. The second kappa shape index (κ2) is 8.31. The smallest absolute Gasteiger partial charge is 0.256 e. The van der Waals surface area contributed by atoms with Crippen molar-refractivity contribution in [1.29, 1.82) is 0 Å². The minimum Gasteiger partial charge on any atom is -0.350 e. The van der Waals surface area contributed by atoms with E-state index in [9.17, 15) is 4.79 Å². The number of carbonyl (C=O) groups is 1. The molecule has 2 aromatic rings. The van der Waals surface area contributed by atoms with E-state index in [2.05, 4.69) is 41.3 Å². The average Bonchev–Trinajstić information content (AvgIpc) is 2.84. The molecule has 6 heteroatoms. The summed E-state index contributed by atoms with van der Waals surface area (Å²) in [6.45, 7) is 8.40. The lowest BCUT2D eigenvalue weighted by molar-refractivity contribution is 0.0934. The van der Waals surface area contributed by atoms with Crippen LogP contribution in [0, 0.1) is 6.92 Å². The Morgan fingerprint density at radius 1 is 1.29 bits per heavy atom. The molecule has 0 radical (unpaired) electrons. The van der Waals surface area contributed by atoms with E-state index in [1.807, 2.05) is 18.2 Å². The normalized spacial score (nSPS) is 12.4. The van der Waals surface area contributed by atoms with Gasteiger partial charge in [-0.3, -0.25) is 14.4 Å². The molecule has 24 heavy (non-hydrogen) atoms. The zero-order valence-electron chi connectivity index (χ0n) is 14.7.